The minimum Gasteiger partial charge on any atom is -0.445 e. The normalized spacial score (nSPS) is 19.2. The molecule has 2 fully saturated rings. The number of anilines is 1. The Morgan fingerprint density at radius 1 is 1.03 bits per heavy atom. The summed E-state index contributed by atoms with van der Waals surface area (Å²) >= 11 is 1.47. The quantitative estimate of drug-likeness (QED) is 0.456. The van der Waals surface area contributed by atoms with Crippen molar-refractivity contribution in [3.8, 4) is 0 Å². The van der Waals surface area contributed by atoms with Crippen LogP contribution >= 0.6 is 11.3 Å². The summed E-state index contributed by atoms with van der Waals surface area (Å²) in [5.74, 6) is -0.0603. The van der Waals surface area contributed by atoms with Crippen molar-refractivity contribution in [2.75, 3.05) is 11.4 Å². The van der Waals surface area contributed by atoms with Gasteiger partial charge in [-0.25, -0.2) is 9.78 Å². The van der Waals surface area contributed by atoms with Crippen LogP contribution in [-0.2, 0) is 21.7 Å². The van der Waals surface area contributed by atoms with E-state index >= 15 is 0 Å². The molecule has 1 aliphatic carbocycles. The lowest BCUT2D eigenvalue weighted by atomic mass is 9.86. The van der Waals surface area contributed by atoms with Gasteiger partial charge in [-0.3, -0.25) is 14.6 Å². The number of thiazole rings is 1. The van der Waals surface area contributed by atoms with Crippen molar-refractivity contribution < 1.29 is 14.3 Å². The van der Waals surface area contributed by atoms with Gasteiger partial charge in [-0.05, 0) is 36.8 Å². The zero-order valence-corrected chi connectivity index (χ0v) is 20.0. The summed E-state index contributed by atoms with van der Waals surface area (Å²) in [6, 6.07) is 19.4. The van der Waals surface area contributed by atoms with Gasteiger partial charge in [0.15, 0.2) is 5.13 Å². The van der Waals surface area contributed by atoms with Gasteiger partial charge in [0, 0.05) is 18.1 Å². The zero-order valence-electron chi connectivity index (χ0n) is 19.1. The molecule has 0 radical (unpaired) electrons. The molecule has 3 aromatic rings. The number of rotatable bonds is 6. The van der Waals surface area contributed by atoms with Crippen molar-refractivity contribution in [2.45, 2.75) is 56.7 Å². The fourth-order valence-electron chi connectivity index (χ4n) is 5.36. The molecule has 34 heavy (non-hydrogen) atoms. The molecular weight excluding hydrogens is 446 g/mol. The molecular formula is C27H29N3O3S. The molecule has 0 N–H and O–H groups in total. The maximum atomic E-state index is 14.2. The maximum absolute atomic E-state index is 14.2. The Morgan fingerprint density at radius 2 is 1.74 bits per heavy atom. The monoisotopic (exact) mass is 475 g/mol. The summed E-state index contributed by atoms with van der Waals surface area (Å²) in [6.07, 6.45) is 6.59. The summed E-state index contributed by atoms with van der Waals surface area (Å²) in [7, 11) is 0. The highest BCUT2D eigenvalue weighted by atomic mass is 32.1. The Kier molecular flexibility index (Phi) is 6.63. The van der Waals surface area contributed by atoms with Crippen LogP contribution in [0.1, 0.15) is 49.7 Å². The highest BCUT2D eigenvalue weighted by molar-refractivity contribution is 7.13. The number of hydrogen-bond acceptors (Lipinski definition) is 5. The standard InChI is InChI=1S/C27H29N3O3S/c31-24(23-14-9-18-29(23)26(32)33-20-21-10-3-1-4-11-21)30(25-28-17-19-34-25)27(15-7-8-16-27)22-12-5-2-6-13-22/h1-6,10-13,17,19,23H,7-9,14-16,18,20H2. The molecule has 1 saturated carbocycles. The number of carbonyl (C=O) groups is 2. The Hall–Kier alpha value is -3.19. The lowest BCUT2D eigenvalue weighted by Crippen LogP contribution is -2.55. The third kappa shape index (κ3) is 4.32. The molecule has 2 aliphatic rings. The minimum atomic E-state index is -0.548. The Labute approximate surface area is 204 Å². The van der Waals surface area contributed by atoms with Crippen LogP contribution in [0.2, 0.25) is 0 Å². The van der Waals surface area contributed by atoms with Crippen molar-refractivity contribution >= 4 is 28.5 Å². The molecule has 1 saturated heterocycles. The number of likely N-dealkylation sites (tertiary alicyclic amines) is 1. The van der Waals surface area contributed by atoms with Crippen LogP contribution in [0, 0.1) is 0 Å². The molecule has 1 atom stereocenters. The fourth-order valence-corrected chi connectivity index (χ4v) is 6.09. The van der Waals surface area contributed by atoms with E-state index in [2.05, 4.69) is 17.1 Å². The molecule has 1 unspecified atom stereocenters. The van der Waals surface area contributed by atoms with E-state index in [0.29, 0.717) is 18.1 Å². The van der Waals surface area contributed by atoms with Gasteiger partial charge in [0.1, 0.15) is 12.6 Å². The minimum absolute atomic E-state index is 0.0603. The van der Waals surface area contributed by atoms with Crippen molar-refractivity contribution in [2.24, 2.45) is 0 Å². The van der Waals surface area contributed by atoms with Crippen molar-refractivity contribution in [1.82, 2.24) is 9.88 Å². The SMILES string of the molecule is O=C(OCc1ccccc1)N1CCCC1C(=O)N(c1nccs1)C1(c2ccccc2)CCCC1. The van der Waals surface area contributed by atoms with Crippen LogP contribution in [0.3, 0.4) is 0 Å². The summed E-state index contributed by atoms with van der Waals surface area (Å²) in [4.78, 5) is 35.4. The van der Waals surface area contributed by atoms with Gasteiger partial charge in [-0.1, -0.05) is 73.5 Å². The molecule has 176 valence electrons. The van der Waals surface area contributed by atoms with Crippen molar-refractivity contribution in [3.05, 3.63) is 83.4 Å². The summed E-state index contributed by atoms with van der Waals surface area (Å²) < 4.78 is 5.60. The van der Waals surface area contributed by atoms with Gasteiger partial charge in [0.2, 0.25) is 0 Å². The van der Waals surface area contributed by atoms with E-state index in [4.69, 9.17) is 4.74 Å². The molecule has 1 aromatic heterocycles. The van der Waals surface area contributed by atoms with Gasteiger partial charge in [-0.15, -0.1) is 11.3 Å². The first-order valence-electron chi connectivity index (χ1n) is 12.0. The molecule has 0 bridgehead atoms. The second-order valence-electron chi connectivity index (χ2n) is 8.98. The van der Waals surface area contributed by atoms with Gasteiger partial charge in [0.25, 0.3) is 5.91 Å². The zero-order chi connectivity index (χ0) is 23.4. The molecule has 0 spiro atoms. The maximum Gasteiger partial charge on any atom is 0.410 e. The second-order valence-corrected chi connectivity index (χ2v) is 9.86. The summed E-state index contributed by atoms with van der Waals surface area (Å²) in [5.41, 5.74) is 1.61. The highest BCUT2D eigenvalue weighted by Gasteiger charge is 2.49. The topological polar surface area (TPSA) is 62.7 Å². The predicted octanol–water partition coefficient (Wildman–Crippen LogP) is 5.75. The van der Waals surface area contributed by atoms with E-state index < -0.39 is 17.7 Å². The first kappa shape index (κ1) is 22.6. The molecule has 1 aliphatic heterocycles. The van der Waals surface area contributed by atoms with Crippen molar-refractivity contribution in [3.63, 3.8) is 0 Å². The Balaban J connectivity index is 1.43. The van der Waals surface area contributed by atoms with E-state index in [1.165, 1.54) is 11.3 Å². The van der Waals surface area contributed by atoms with Gasteiger partial charge >= 0.3 is 6.09 Å². The number of benzene rings is 2. The van der Waals surface area contributed by atoms with Crippen LogP contribution < -0.4 is 4.90 Å². The molecule has 6 nitrogen and oxygen atoms in total. The average Bonchev–Trinajstić information content (AvgIpc) is 3.67. The van der Waals surface area contributed by atoms with Crippen LogP contribution in [0.5, 0.6) is 0 Å². The van der Waals surface area contributed by atoms with Gasteiger partial charge in [0.05, 0.1) is 5.54 Å². The lowest BCUT2D eigenvalue weighted by molar-refractivity contribution is -0.124. The molecule has 2 aromatic carbocycles. The van der Waals surface area contributed by atoms with Crippen LogP contribution in [0.15, 0.2) is 72.2 Å². The van der Waals surface area contributed by atoms with E-state index in [1.807, 2.05) is 58.8 Å². The number of ether oxygens (including phenoxy) is 1. The van der Waals surface area contributed by atoms with Crippen LogP contribution in [0.4, 0.5) is 9.93 Å². The summed E-state index contributed by atoms with van der Waals surface area (Å²) in [6.45, 7) is 0.718. The van der Waals surface area contributed by atoms with E-state index in [9.17, 15) is 9.59 Å². The van der Waals surface area contributed by atoms with Crippen molar-refractivity contribution in [1.29, 1.82) is 0 Å². The van der Waals surface area contributed by atoms with Gasteiger partial charge < -0.3 is 4.74 Å². The molecule has 7 heteroatoms. The molecule has 2 amide bonds. The van der Waals surface area contributed by atoms with Crippen LogP contribution in [-0.4, -0.2) is 34.5 Å². The smallest absolute Gasteiger partial charge is 0.410 e. The van der Waals surface area contributed by atoms with E-state index in [1.54, 1.807) is 11.1 Å². The molecule has 5 rings (SSSR count). The number of hydrogen-bond donors (Lipinski definition) is 0. The largest absolute Gasteiger partial charge is 0.445 e. The number of aromatic nitrogens is 1. The fraction of sp³-hybridized carbons (Fsp3) is 0.370. The number of carbonyl (C=O) groups excluding carboxylic acids is 2. The summed E-state index contributed by atoms with van der Waals surface area (Å²) in [5, 5.41) is 2.60. The average molecular weight is 476 g/mol. The van der Waals surface area contributed by atoms with Gasteiger partial charge in [-0.2, -0.15) is 0 Å². The second kappa shape index (κ2) is 9.97. The first-order valence-corrected chi connectivity index (χ1v) is 12.8. The number of nitrogens with zero attached hydrogens (tertiary/aromatic N) is 3. The third-order valence-electron chi connectivity index (χ3n) is 6.98. The van der Waals surface area contributed by atoms with Crippen LogP contribution in [0.25, 0.3) is 0 Å². The highest BCUT2D eigenvalue weighted by Crippen LogP contribution is 2.47. The van der Waals surface area contributed by atoms with E-state index in [-0.39, 0.29) is 12.5 Å². The lowest BCUT2D eigenvalue weighted by Gasteiger charge is -2.42. The first-order chi connectivity index (χ1) is 16.7. The number of amides is 2. The molecule has 2 heterocycles. The van der Waals surface area contributed by atoms with E-state index in [0.717, 1.165) is 43.2 Å². The predicted molar refractivity (Wildman–Crippen MR) is 133 cm³/mol. The Bertz CT molecular complexity index is 1100. The third-order valence-corrected chi connectivity index (χ3v) is 7.73. The Morgan fingerprint density at radius 3 is 2.41 bits per heavy atom.